The maximum atomic E-state index is 13.5. The second-order valence-electron chi connectivity index (χ2n) is 8.02. The summed E-state index contributed by atoms with van der Waals surface area (Å²) in [4.78, 5) is 31.1. The number of carbonyl (C=O) groups excluding carboxylic acids is 1. The van der Waals surface area contributed by atoms with Gasteiger partial charge in [0.05, 0.1) is 27.2 Å². The van der Waals surface area contributed by atoms with Gasteiger partial charge in [0.15, 0.2) is 11.6 Å². The first-order chi connectivity index (χ1) is 18.3. The smallest absolute Gasteiger partial charge is 0.343 e. The van der Waals surface area contributed by atoms with Crippen LogP contribution >= 0.6 is 59.4 Å². The third-order valence-corrected chi connectivity index (χ3v) is 7.31. The van der Waals surface area contributed by atoms with E-state index in [-0.39, 0.29) is 11.3 Å². The minimum absolute atomic E-state index is 0.250. The van der Waals surface area contributed by atoms with E-state index in [1.165, 1.54) is 10.9 Å². The summed E-state index contributed by atoms with van der Waals surface area (Å²) in [5.41, 5.74) is 1.69. The van der Waals surface area contributed by atoms with Gasteiger partial charge >= 0.3 is 5.97 Å². The predicted molar refractivity (Wildman–Crippen MR) is 160 cm³/mol. The molecule has 0 atom stereocenters. The Morgan fingerprint density at radius 1 is 0.921 bits per heavy atom. The first-order valence-corrected chi connectivity index (χ1v) is 13.8. The van der Waals surface area contributed by atoms with Crippen molar-refractivity contribution >= 4 is 82.5 Å². The van der Waals surface area contributed by atoms with Crippen LogP contribution in [0, 0.1) is 0 Å². The second kappa shape index (κ2) is 11.3. The van der Waals surface area contributed by atoms with E-state index < -0.39 is 5.97 Å². The molecule has 0 unspecified atom stereocenters. The Morgan fingerprint density at radius 3 is 2.37 bits per heavy atom. The van der Waals surface area contributed by atoms with Gasteiger partial charge in [0.25, 0.3) is 5.56 Å². The first-order valence-electron chi connectivity index (χ1n) is 11.1. The van der Waals surface area contributed by atoms with Crippen LogP contribution in [0.4, 0.5) is 0 Å². The molecule has 1 heterocycles. The summed E-state index contributed by atoms with van der Waals surface area (Å²) >= 11 is 16.4. The average Bonchev–Trinajstić information content (AvgIpc) is 2.90. The number of hydrogen-bond acceptors (Lipinski definition) is 5. The zero-order valence-electron chi connectivity index (χ0n) is 19.2. The van der Waals surface area contributed by atoms with Gasteiger partial charge in [0, 0.05) is 25.1 Å². The molecule has 0 saturated carbocycles. The van der Waals surface area contributed by atoms with Gasteiger partial charge in [0.1, 0.15) is 0 Å². The topological polar surface area (TPSA) is 73.5 Å². The number of benzene rings is 4. The summed E-state index contributed by atoms with van der Waals surface area (Å²) < 4.78 is 9.06. The third-order valence-electron chi connectivity index (χ3n) is 5.48. The molecule has 5 rings (SSSR count). The molecule has 38 heavy (non-hydrogen) atoms. The van der Waals surface area contributed by atoms with E-state index in [1.807, 2.05) is 6.07 Å². The first kappa shape index (κ1) is 26.5. The summed E-state index contributed by atoms with van der Waals surface area (Å²) in [5.74, 6) is 0.0466. The molecule has 1 aromatic heterocycles. The fourth-order valence-corrected chi connectivity index (χ4v) is 5.39. The van der Waals surface area contributed by atoms with E-state index in [9.17, 15) is 9.59 Å². The van der Waals surface area contributed by atoms with E-state index in [0.717, 1.165) is 8.95 Å². The highest BCUT2D eigenvalue weighted by molar-refractivity contribution is 9.11. The molecule has 4 aromatic carbocycles. The molecule has 0 radical (unpaired) electrons. The Labute approximate surface area is 247 Å². The van der Waals surface area contributed by atoms with Gasteiger partial charge in [-0.1, -0.05) is 55.6 Å². The van der Waals surface area contributed by atoms with Crippen molar-refractivity contribution in [3.05, 3.63) is 125 Å². The number of ether oxygens (including phenoxy) is 1. The van der Waals surface area contributed by atoms with Crippen molar-refractivity contribution in [1.82, 2.24) is 9.66 Å². The molecule has 6 nitrogen and oxygen atoms in total. The lowest BCUT2D eigenvalue weighted by Gasteiger charge is -2.12. The number of fused-ring (bicyclic) bond motifs is 1. The minimum Gasteiger partial charge on any atom is -0.421 e. The molecule has 0 spiro atoms. The van der Waals surface area contributed by atoms with E-state index >= 15 is 0 Å². The third kappa shape index (κ3) is 5.66. The number of rotatable bonds is 5. The van der Waals surface area contributed by atoms with E-state index in [4.69, 9.17) is 21.3 Å². The van der Waals surface area contributed by atoms with Crippen LogP contribution in [0.5, 0.6) is 5.75 Å². The van der Waals surface area contributed by atoms with Gasteiger partial charge in [-0.3, -0.25) is 4.79 Å². The number of aromatic nitrogens is 2. The SMILES string of the molecule is O=C(Oc1c(Br)cc(Br)cc1C=Nn1c(-c2ccc(Cl)cc2)nc2ccccc2c1=O)c1ccc(Br)cc1. The lowest BCUT2D eigenvalue weighted by Crippen LogP contribution is -2.20. The standard InChI is InChI=1S/C28H15Br3ClN3O3/c29-19-9-5-17(6-10-19)28(37)38-25-18(13-20(30)14-23(25)31)15-33-35-26(16-7-11-21(32)12-8-16)34-24-4-2-1-3-22(24)27(35)36/h1-15H. The molecule has 10 heteroatoms. The Bertz CT molecular complexity index is 1770. The number of carbonyl (C=O) groups is 1. The lowest BCUT2D eigenvalue weighted by molar-refractivity contribution is 0.0733. The molecule has 5 aromatic rings. The van der Waals surface area contributed by atoms with Crippen molar-refractivity contribution in [3.8, 4) is 17.1 Å². The summed E-state index contributed by atoms with van der Waals surface area (Å²) in [6.07, 6.45) is 1.46. The zero-order valence-corrected chi connectivity index (χ0v) is 24.8. The van der Waals surface area contributed by atoms with Gasteiger partial charge < -0.3 is 4.74 Å². The van der Waals surface area contributed by atoms with Crippen LogP contribution < -0.4 is 10.3 Å². The quantitative estimate of drug-likeness (QED) is 0.105. The lowest BCUT2D eigenvalue weighted by atomic mass is 10.2. The molecule has 0 N–H and O–H groups in total. The van der Waals surface area contributed by atoms with Gasteiger partial charge in [-0.25, -0.2) is 9.78 Å². The van der Waals surface area contributed by atoms with Gasteiger partial charge in [0.2, 0.25) is 0 Å². The van der Waals surface area contributed by atoms with Crippen molar-refractivity contribution in [2.24, 2.45) is 5.10 Å². The second-order valence-corrected chi connectivity index (χ2v) is 11.1. The van der Waals surface area contributed by atoms with E-state index in [0.29, 0.717) is 42.9 Å². The molecule has 0 aliphatic carbocycles. The fraction of sp³-hybridized carbons (Fsp3) is 0. The Hall–Kier alpha value is -3.11. The maximum absolute atomic E-state index is 13.5. The predicted octanol–water partition coefficient (Wildman–Crippen LogP) is 8.11. The van der Waals surface area contributed by atoms with Crippen LogP contribution in [0.1, 0.15) is 15.9 Å². The van der Waals surface area contributed by atoms with Crippen molar-refractivity contribution in [3.63, 3.8) is 0 Å². The molecular formula is C28H15Br3ClN3O3. The van der Waals surface area contributed by atoms with Gasteiger partial charge in [-0.15, -0.1) is 0 Å². The van der Waals surface area contributed by atoms with Gasteiger partial charge in [-0.2, -0.15) is 9.78 Å². The zero-order chi connectivity index (χ0) is 26.8. The number of para-hydroxylation sites is 1. The summed E-state index contributed by atoms with van der Waals surface area (Å²) in [7, 11) is 0. The van der Waals surface area contributed by atoms with Crippen LogP contribution in [0.25, 0.3) is 22.3 Å². The highest BCUT2D eigenvalue weighted by Crippen LogP contribution is 2.33. The summed E-state index contributed by atoms with van der Waals surface area (Å²) in [5, 5.41) is 5.48. The highest BCUT2D eigenvalue weighted by atomic mass is 79.9. The Kier molecular flexibility index (Phi) is 7.90. The van der Waals surface area contributed by atoms with E-state index in [1.54, 1.807) is 78.9 Å². The Balaban J connectivity index is 1.62. The molecule has 0 bridgehead atoms. The molecule has 0 aliphatic rings. The fourth-order valence-electron chi connectivity index (χ4n) is 3.66. The highest BCUT2D eigenvalue weighted by Gasteiger charge is 2.17. The molecule has 0 fully saturated rings. The molecular weight excluding hydrogens is 701 g/mol. The van der Waals surface area contributed by atoms with Crippen LogP contribution in [0.2, 0.25) is 5.02 Å². The minimum atomic E-state index is -0.540. The van der Waals surface area contributed by atoms with Gasteiger partial charge in [-0.05, 0) is 88.7 Å². The van der Waals surface area contributed by atoms with Crippen LogP contribution in [0.3, 0.4) is 0 Å². The number of nitrogens with zero attached hydrogens (tertiary/aromatic N) is 3. The van der Waals surface area contributed by atoms with Crippen LogP contribution in [0.15, 0.2) is 108 Å². The van der Waals surface area contributed by atoms with Crippen molar-refractivity contribution in [2.75, 3.05) is 0 Å². The normalized spacial score (nSPS) is 11.3. The van der Waals surface area contributed by atoms with Crippen molar-refractivity contribution in [1.29, 1.82) is 0 Å². The monoisotopic (exact) mass is 713 g/mol. The number of hydrogen-bond donors (Lipinski definition) is 0. The van der Waals surface area contributed by atoms with Crippen molar-refractivity contribution < 1.29 is 9.53 Å². The molecule has 188 valence electrons. The van der Waals surface area contributed by atoms with Crippen LogP contribution in [-0.4, -0.2) is 21.8 Å². The summed E-state index contributed by atoms with van der Waals surface area (Å²) in [6.45, 7) is 0. The maximum Gasteiger partial charge on any atom is 0.343 e. The average molecular weight is 717 g/mol. The van der Waals surface area contributed by atoms with Crippen LogP contribution in [-0.2, 0) is 0 Å². The number of esters is 1. The van der Waals surface area contributed by atoms with Crippen molar-refractivity contribution in [2.45, 2.75) is 0 Å². The van der Waals surface area contributed by atoms with E-state index in [2.05, 4.69) is 52.9 Å². The summed E-state index contributed by atoms with van der Waals surface area (Å²) in [6, 6.07) is 24.4. The molecule has 0 amide bonds. The molecule has 0 aliphatic heterocycles. The Morgan fingerprint density at radius 2 is 1.63 bits per heavy atom. The largest absolute Gasteiger partial charge is 0.421 e. The number of halogens is 4. The molecule has 0 saturated heterocycles.